The van der Waals surface area contributed by atoms with Crippen LogP contribution >= 0.6 is 0 Å². The van der Waals surface area contributed by atoms with Gasteiger partial charge in [-0.05, 0) is 118 Å². The maximum Gasteiger partial charge on any atom is 0.0711 e. The van der Waals surface area contributed by atoms with Gasteiger partial charge in [0.2, 0.25) is 0 Å². The molecule has 0 saturated heterocycles. The largest absolute Gasteiger partial charge is 0.311 e. The minimum absolute atomic E-state index is 0.0604. The van der Waals surface area contributed by atoms with Crippen LogP contribution in [0.3, 0.4) is 0 Å². The van der Waals surface area contributed by atoms with Gasteiger partial charge < -0.3 is 4.90 Å². The molecule has 1 nitrogen and oxygen atoms in total. The third-order valence-electron chi connectivity index (χ3n) is 13.8. The van der Waals surface area contributed by atoms with E-state index in [4.69, 9.17) is 0 Å². The molecule has 298 valence electrons. The Balaban J connectivity index is 1.13. The Morgan fingerprint density at radius 2 is 1.39 bits per heavy atom. The fraction of sp³-hybridized carbons (Fsp3) is 0.167. The van der Waals surface area contributed by atoms with Crippen LogP contribution in [0, 0.1) is 5.92 Å². The zero-order chi connectivity index (χ0) is 41.6. The Labute approximate surface area is 362 Å². The number of allylic oxidation sites excluding steroid dienone is 19. The molecule has 0 heterocycles. The molecule has 0 N–H and O–H groups in total. The molecule has 61 heavy (non-hydrogen) atoms. The van der Waals surface area contributed by atoms with Crippen LogP contribution in [-0.2, 0) is 10.8 Å². The lowest BCUT2D eigenvalue weighted by atomic mass is 9.67. The van der Waals surface area contributed by atoms with Gasteiger partial charge in [-0.25, -0.2) is 0 Å². The van der Waals surface area contributed by atoms with Crippen LogP contribution in [0.5, 0.6) is 0 Å². The summed E-state index contributed by atoms with van der Waals surface area (Å²) in [7, 11) is 0. The lowest BCUT2D eigenvalue weighted by molar-refractivity contribution is 0.609. The van der Waals surface area contributed by atoms with Gasteiger partial charge in [-0.3, -0.25) is 0 Å². The van der Waals surface area contributed by atoms with E-state index >= 15 is 0 Å². The third kappa shape index (κ3) is 6.38. The van der Waals surface area contributed by atoms with Crippen LogP contribution in [-0.4, -0.2) is 0 Å². The van der Waals surface area contributed by atoms with Gasteiger partial charge in [-0.15, -0.1) is 0 Å². The molecule has 1 heteroatoms. The highest BCUT2D eigenvalue weighted by atomic mass is 15.1. The Morgan fingerprint density at radius 3 is 2.21 bits per heavy atom. The zero-order valence-electron chi connectivity index (χ0n) is 35.7. The van der Waals surface area contributed by atoms with Crippen molar-refractivity contribution in [1.82, 2.24) is 0 Å². The number of fused-ring (bicyclic) bond motifs is 7. The van der Waals surface area contributed by atoms with E-state index in [1.165, 1.54) is 72.5 Å². The minimum Gasteiger partial charge on any atom is -0.311 e. The highest BCUT2D eigenvalue weighted by Crippen LogP contribution is 2.58. The summed E-state index contributed by atoms with van der Waals surface area (Å²) in [5.41, 5.74) is 19.0. The van der Waals surface area contributed by atoms with E-state index in [0.717, 1.165) is 24.2 Å². The van der Waals surface area contributed by atoms with Crippen molar-refractivity contribution in [3.05, 3.63) is 268 Å². The molecule has 5 aromatic carbocycles. The average molecular weight is 788 g/mol. The van der Waals surface area contributed by atoms with Gasteiger partial charge in [0.1, 0.15) is 0 Å². The van der Waals surface area contributed by atoms with Crippen LogP contribution in [0.15, 0.2) is 235 Å². The van der Waals surface area contributed by atoms with Crippen molar-refractivity contribution in [3.63, 3.8) is 0 Å². The maximum atomic E-state index is 2.52. The fourth-order valence-corrected chi connectivity index (χ4v) is 10.9. The summed E-state index contributed by atoms with van der Waals surface area (Å²) >= 11 is 0. The van der Waals surface area contributed by atoms with Crippen molar-refractivity contribution in [2.45, 2.75) is 57.3 Å². The summed E-state index contributed by atoms with van der Waals surface area (Å²) in [5, 5.41) is 0. The maximum absolute atomic E-state index is 2.52. The van der Waals surface area contributed by atoms with Gasteiger partial charge in [0.15, 0.2) is 0 Å². The number of nitrogens with zero attached hydrogens (tertiary/aromatic N) is 1. The van der Waals surface area contributed by atoms with Crippen LogP contribution in [0.2, 0.25) is 0 Å². The molecule has 0 amide bonds. The number of benzene rings is 5. The van der Waals surface area contributed by atoms with E-state index in [1.54, 1.807) is 0 Å². The lowest BCUT2D eigenvalue weighted by Crippen LogP contribution is -2.29. The molecule has 5 aliphatic rings. The molecule has 10 rings (SSSR count). The van der Waals surface area contributed by atoms with Gasteiger partial charge in [0.05, 0.1) is 5.41 Å². The Hall–Kier alpha value is -6.70. The molecule has 5 aromatic rings. The molecule has 5 aliphatic carbocycles. The van der Waals surface area contributed by atoms with E-state index < -0.39 is 5.41 Å². The summed E-state index contributed by atoms with van der Waals surface area (Å²) in [4.78, 5) is 2.52. The predicted octanol–water partition coefficient (Wildman–Crippen LogP) is 15.5. The molecule has 3 atom stereocenters. The van der Waals surface area contributed by atoms with E-state index in [-0.39, 0.29) is 5.41 Å². The zero-order valence-corrected chi connectivity index (χ0v) is 35.7. The van der Waals surface area contributed by atoms with E-state index in [0.29, 0.717) is 11.8 Å². The molecular weight excluding hydrogens is 735 g/mol. The van der Waals surface area contributed by atoms with Crippen molar-refractivity contribution >= 4 is 16.9 Å². The normalized spacial score (nSPS) is 24.4. The number of anilines is 2. The Kier molecular flexibility index (Phi) is 9.92. The fourth-order valence-electron chi connectivity index (χ4n) is 10.9. The Bertz CT molecular complexity index is 2840. The highest BCUT2D eigenvalue weighted by molar-refractivity contribution is 5.89. The van der Waals surface area contributed by atoms with E-state index in [9.17, 15) is 0 Å². The molecule has 3 unspecified atom stereocenters. The first-order valence-electron chi connectivity index (χ1n) is 22.0. The van der Waals surface area contributed by atoms with Crippen LogP contribution in [0.1, 0.15) is 79.8 Å². The summed E-state index contributed by atoms with van der Waals surface area (Å²) < 4.78 is 0. The minimum atomic E-state index is -0.483. The average Bonchev–Trinajstić information content (AvgIpc) is 3.72. The first-order chi connectivity index (χ1) is 29.9. The van der Waals surface area contributed by atoms with Crippen molar-refractivity contribution in [1.29, 1.82) is 0 Å². The number of hydrogen-bond donors (Lipinski definition) is 0. The SMILES string of the molecule is C/C=C\C(=C/C)C1(c2ccccc2)c2ccccc2-c2ccc(N(C3=CCC4C(=C3)C(C)(C)c3ccccc34)c3ccc(C4=CC5C/C=C/C=C\C=C/C=C/5C=C4)cc3)cc21. The van der Waals surface area contributed by atoms with E-state index in [1.807, 2.05) is 0 Å². The molecule has 0 aromatic heterocycles. The standard InChI is InChI=1S/C60H53N/c1-5-20-46(6-2)60(47-23-14-11-15-24-47)56-28-19-17-26-52(56)54-38-36-50(41-58(54)60)61(49-35-37-53-51-25-16-18-27-55(51)59(3,4)57(53)40-49)48-33-31-43(32-34-48)45-30-29-42-21-12-9-7-8-10-13-22-44(42)39-45/h5-21,23-36,38-41,44,53H,22,37H2,1-4H3/b8-7-,12-9-,13-10+,20-5-,42-21+,46-6+. The topological polar surface area (TPSA) is 3.24 Å². The summed E-state index contributed by atoms with van der Waals surface area (Å²) in [6.07, 6.45) is 35.9. The quantitative estimate of drug-likeness (QED) is 0.149. The van der Waals surface area contributed by atoms with Gasteiger partial charge in [-0.1, -0.05) is 202 Å². The lowest BCUT2D eigenvalue weighted by Gasteiger charge is -2.36. The monoisotopic (exact) mass is 787 g/mol. The first-order valence-corrected chi connectivity index (χ1v) is 22.0. The van der Waals surface area contributed by atoms with Crippen LogP contribution in [0.4, 0.5) is 11.4 Å². The van der Waals surface area contributed by atoms with E-state index in [2.05, 4.69) is 245 Å². The summed E-state index contributed by atoms with van der Waals surface area (Å²) in [6.45, 7) is 9.14. The molecule has 0 aliphatic heterocycles. The van der Waals surface area contributed by atoms with Gasteiger partial charge >= 0.3 is 0 Å². The molecular formula is C60H53N. The predicted molar refractivity (Wildman–Crippen MR) is 259 cm³/mol. The van der Waals surface area contributed by atoms with Crippen molar-refractivity contribution < 1.29 is 0 Å². The number of rotatable bonds is 7. The first kappa shape index (κ1) is 38.5. The molecule has 0 radical (unpaired) electrons. The Morgan fingerprint density at radius 1 is 0.672 bits per heavy atom. The van der Waals surface area contributed by atoms with Crippen molar-refractivity contribution in [2.24, 2.45) is 5.92 Å². The van der Waals surface area contributed by atoms with Crippen LogP contribution < -0.4 is 4.90 Å². The highest BCUT2D eigenvalue weighted by Gasteiger charge is 2.47. The smallest absolute Gasteiger partial charge is 0.0711 e. The molecule has 0 spiro atoms. The van der Waals surface area contributed by atoms with Gasteiger partial charge in [-0.2, -0.15) is 0 Å². The second-order valence-corrected chi connectivity index (χ2v) is 17.4. The van der Waals surface area contributed by atoms with Crippen LogP contribution in [0.25, 0.3) is 16.7 Å². The van der Waals surface area contributed by atoms with Crippen molar-refractivity contribution in [2.75, 3.05) is 4.90 Å². The molecule has 0 fully saturated rings. The summed E-state index contributed by atoms with van der Waals surface area (Å²) in [6, 6.07) is 45.8. The van der Waals surface area contributed by atoms with Crippen molar-refractivity contribution in [3.8, 4) is 11.1 Å². The second kappa shape index (κ2) is 15.7. The van der Waals surface area contributed by atoms with Gasteiger partial charge in [0, 0.05) is 34.3 Å². The molecule has 0 saturated carbocycles. The summed E-state index contributed by atoms with van der Waals surface area (Å²) in [5.74, 6) is 0.726. The second-order valence-electron chi connectivity index (χ2n) is 17.4. The number of hydrogen-bond acceptors (Lipinski definition) is 1. The third-order valence-corrected chi connectivity index (χ3v) is 13.8. The molecule has 0 bridgehead atoms. The van der Waals surface area contributed by atoms with Gasteiger partial charge in [0.25, 0.3) is 0 Å².